The van der Waals surface area contributed by atoms with Crippen molar-refractivity contribution in [2.24, 2.45) is 0 Å². The van der Waals surface area contributed by atoms with Gasteiger partial charge in [0, 0.05) is 12.1 Å². The standard InChI is InChI=1S/C13H25NO2/c1-4-16-13(15)10-12(3)14-9-7-5-6-8-11(14)2/h11-12H,4-10H2,1-3H3. The molecule has 1 aliphatic heterocycles. The molecule has 0 spiro atoms. The second kappa shape index (κ2) is 6.89. The molecule has 2 unspecified atom stereocenters. The van der Waals surface area contributed by atoms with Crippen LogP contribution in [0.1, 0.15) is 52.9 Å². The third-order valence-corrected chi connectivity index (χ3v) is 3.44. The van der Waals surface area contributed by atoms with Crippen LogP contribution < -0.4 is 0 Å². The third-order valence-electron chi connectivity index (χ3n) is 3.44. The first-order chi connectivity index (χ1) is 7.65. The van der Waals surface area contributed by atoms with Gasteiger partial charge in [-0.3, -0.25) is 9.69 Å². The lowest BCUT2D eigenvalue weighted by atomic mass is 10.1. The zero-order valence-electron chi connectivity index (χ0n) is 10.9. The molecule has 0 aromatic heterocycles. The van der Waals surface area contributed by atoms with Crippen molar-refractivity contribution in [1.29, 1.82) is 0 Å². The zero-order valence-corrected chi connectivity index (χ0v) is 10.9. The normalized spacial score (nSPS) is 24.8. The van der Waals surface area contributed by atoms with Crippen molar-refractivity contribution in [3.8, 4) is 0 Å². The predicted molar refractivity (Wildman–Crippen MR) is 65.3 cm³/mol. The average molecular weight is 227 g/mol. The lowest BCUT2D eigenvalue weighted by Crippen LogP contribution is -2.41. The van der Waals surface area contributed by atoms with Crippen LogP contribution >= 0.6 is 0 Å². The van der Waals surface area contributed by atoms with Gasteiger partial charge >= 0.3 is 5.97 Å². The summed E-state index contributed by atoms with van der Waals surface area (Å²) in [5, 5.41) is 0. The Hall–Kier alpha value is -0.570. The highest BCUT2D eigenvalue weighted by atomic mass is 16.5. The van der Waals surface area contributed by atoms with Gasteiger partial charge < -0.3 is 4.74 Å². The Bertz CT molecular complexity index is 218. The molecule has 0 saturated carbocycles. The fraction of sp³-hybridized carbons (Fsp3) is 0.923. The van der Waals surface area contributed by atoms with Gasteiger partial charge in [0.25, 0.3) is 0 Å². The molecule has 1 rings (SSSR count). The molecular formula is C13H25NO2. The second-order valence-electron chi connectivity index (χ2n) is 4.79. The van der Waals surface area contributed by atoms with Gasteiger partial charge in [-0.25, -0.2) is 0 Å². The van der Waals surface area contributed by atoms with Crippen molar-refractivity contribution in [2.75, 3.05) is 13.2 Å². The van der Waals surface area contributed by atoms with Gasteiger partial charge in [0.15, 0.2) is 0 Å². The van der Waals surface area contributed by atoms with E-state index < -0.39 is 0 Å². The zero-order chi connectivity index (χ0) is 12.0. The summed E-state index contributed by atoms with van der Waals surface area (Å²) >= 11 is 0. The molecule has 0 N–H and O–H groups in total. The van der Waals surface area contributed by atoms with Crippen molar-refractivity contribution in [2.45, 2.75) is 65.0 Å². The van der Waals surface area contributed by atoms with Crippen molar-refractivity contribution in [1.82, 2.24) is 4.90 Å². The molecule has 0 bridgehead atoms. The van der Waals surface area contributed by atoms with Crippen molar-refractivity contribution < 1.29 is 9.53 Å². The smallest absolute Gasteiger partial charge is 0.307 e. The molecule has 94 valence electrons. The van der Waals surface area contributed by atoms with Gasteiger partial charge in [0.05, 0.1) is 13.0 Å². The van der Waals surface area contributed by atoms with Crippen LogP contribution in [-0.2, 0) is 9.53 Å². The van der Waals surface area contributed by atoms with Crippen molar-refractivity contribution in [3.63, 3.8) is 0 Å². The number of nitrogens with zero attached hydrogens (tertiary/aromatic N) is 1. The summed E-state index contributed by atoms with van der Waals surface area (Å²) < 4.78 is 5.00. The first kappa shape index (κ1) is 13.5. The lowest BCUT2D eigenvalue weighted by molar-refractivity contribution is -0.144. The van der Waals surface area contributed by atoms with Crippen molar-refractivity contribution >= 4 is 5.97 Å². The fourth-order valence-corrected chi connectivity index (χ4v) is 2.53. The SMILES string of the molecule is CCOC(=O)CC(C)N1CCCCCC1C. The minimum Gasteiger partial charge on any atom is -0.466 e. The molecule has 1 aliphatic rings. The molecule has 1 heterocycles. The van der Waals surface area contributed by atoms with Crippen LogP contribution in [0.15, 0.2) is 0 Å². The molecule has 0 amide bonds. The Labute approximate surface area is 99.1 Å². The molecule has 0 aromatic rings. The summed E-state index contributed by atoms with van der Waals surface area (Å²) in [6, 6.07) is 0.916. The van der Waals surface area contributed by atoms with E-state index in [1.807, 2.05) is 6.92 Å². The van der Waals surface area contributed by atoms with Gasteiger partial charge in [-0.15, -0.1) is 0 Å². The van der Waals surface area contributed by atoms with Gasteiger partial charge in [0.1, 0.15) is 0 Å². The minimum absolute atomic E-state index is 0.0635. The van der Waals surface area contributed by atoms with Gasteiger partial charge in [-0.05, 0) is 40.2 Å². The van der Waals surface area contributed by atoms with E-state index in [4.69, 9.17) is 4.74 Å². The highest BCUT2D eigenvalue weighted by Crippen LogP contribution is 2.20. The van der Waals surface area contributed by atoms with Crippen LogP contribution in [0.3, 0.4) is 0 Å². The second-order valence-corrected chi connectivity index (χ2v) is 4.79. The van der Waals surface area contributed by atoms with E-state index in [0.29, 0.717) is 25.1 Å². The maximum atomic E-state index is 11.4. The Morgan fingerprint density at radius 3 is 2.88 bits per heavy atom. The summed E-state index contributed by atoms with van der Waals surface area (Å²) in [6.07, 6.45) is 5.69. The minimum atomic E-state index is -0.0635. The summed E-state index contributed by atoms with van der Waals surface area (Å²) in [7, 11) is 0. The molecule has 2 atom stereocenters. The summed E-state index contributed by atoms with van der Waals surface area (Å²) in [5.41, 5.74) is 0. The fourth-order valence-electron chi connectivity index (χ4n) is 2.53. The van der Waals surface area contributed by atoms with E-state index in [0.717, 1.165) is 6.54 Å². The Kier molecular flexibility index (Phi) is 5.81. The average Bonchev–Trinajstić information content (AvgIpc) is 2.43. The Morgan fingerprint density at radius 1 is 1.44 bits per heavy atom. The first-order valence-corrected chi connectivity index (χ1v) is 6.56. The van der Waals surface area contributed by atoms with E-state index in [1.165, 1.54) is 25.7 Å². The first-order valence-electron chi connectivity index (χ1n) is 6.56. The van der Waals surface area contributed by atoms with Crippen LogP contribution in [0, 0.1) is 0 Å². The van der Waals surface area contributed by atoms with Crippen LogP contribution in [0.2, 0.25) is 0 Å². The number of esters is 1. The maximum absolute atomic E-state index is 11.4. The molecular weight excluding hydrogens is 202 g/mol. The summed E-state index contributed by atoms with van der Waals surface area (Å²) in [4.78, 5) is 13.9. The number of carbonyl (C=O) groups excluding carboxylic acids is 1. The van der Waals surface area contributed by atoms with E-state index in [-0.39, 0.29) is 5.97 Å². The Balaban J connectivity index is 2.43. The van der Waals surface area contributed by atoms with Gasteiger partial charge in [-0.2, -0.15) is 0 Å². The van der Waals surface area contributed by atoms with Gasteiger partial charge in [0.2, 0.25) is 0 Å². The van der Waals surface area contributed by atoms with Crippen LogP contribution in [0.4, 0.5) is 0 Å². The summed E-state index contributed by atoms with van der Waals surface area (Å²) in [5.74, 6) is -0.0635. The number of rotatable bonds is 4. The van der Waals surface area contributed by atoms with E-state index in [1.54, 1.807) is 0 Å². The number of likely N-dealkylation sites (tertiary alicyclic amines) is 1. The van der Waals surface area contributed by atoms with Crippen LogP contribution in [0.25, 0.3) is 0 Å². The van der Waals surface area contributed by atoms with Crippen molar-refractivity contribution in [3.05, 3.63) is 0 Å². The highest BCUT2D eigenvalue weighted by molar-refractivity contribution is 5.70. The monoisotopic (exact) mass is 227 g/mol. The molecule has 3 heteroatoms. The number of carbonyl (C=O) groups is 1. The number of ether oxygens (including phenoxy) is 1. The highest BCUT2D eigenvalue weighted by Gasteiger charge is 2.23. The molecule has 1 saturated heterocycles. The van der Waals surface area contributed by atoms with E-state index >= 15 is 0 Å². The lowest BCUT2D eigenvalue weighted by Gasteiger charge is -2.32. The predicted octanol–water partition coefficient (Wildman–Crippen LogP) is 2.59. The molecule has 0 aromatic carbocycles. The molecule has 16 heavy (non-hydrogen) atoms. The molecule has 3 nitrogen and oxygen atoms in total. The molecule has 1 fully saturated rings. The summed E-state index contributed by atoms with van der Waals surface area (Å²) in [6.45, 7) is 7.88. The van der Waals surface area contributed by atoms with Crippen LogP contribution in [0.5, 0.6) is 0 Å². The van der Waals surface area contributed by atoms with Crippen LogP contribution in [-0.4, -0.2) is 36.1 Å². The molecule has 0 aliphatic carbocycles. The number of hydrogen-bond donors (Lipinski definition) is 0. The van der Waals surface area contributed by atoms with E-state index in [9.17, 15) is 4.79 Å². The largest absolute Gasteiger partial charge is 0.466 e. The molecule has 0 radical (unpaired) electrons. The topological polar surface area (TPSA) is 29.5 Å². The quantitative estimate of drug-likeness (QED) is 0.691. The number of hydrogen-bond acceptors (Lipinski definition) is 3. The maximum Gasteiger partial charge on any atom is 0.307 e. The van der Waals surface area contributed by atoms with Gasteiger partial charge in [-0.1, -0.05) is 12.8 Å². The van der Waals surface area contributed by atoms with E-state index in [2.05, 4.69) is 18.7 Å². The third kappa shape index (κ3) is 4.12. The Morgan fingerprint density at radius 2 is 2.19 bits per heavy atom.